The largest absolute Gasteiger partial charge is 0.490 e. The van der Waals surface area contributed by atoms with Crippen molar-refractivity contribution in [2.75, 3.05) is 11.6 Å². The highest BCUT2D eigenvalue weighted by Gasteiger charge is 2.34. The van der Waals surface area contributed by atoms with Gasteiger partial charge in [-0.1, -0.05) is 24.3 Å². The number of anilines is 1. The zero-order chi connectivity index (χ0) is 19.4. The molecule has 0 atom stereocenters. The summed E-state index contributed by atoms with van der Waals surface area (Å²) in [4.78, 5) is 25.0. The van der Waals surface area contributed by atoms with E-state index >= 15 is 0 Å². The van der Waals surface area contributed by atoms with Gasteiger partial charge in [0, 0.05) is 0 Å². The van der Waals surface area contributed by atoms with Crippen molar-refractivity contribution in [1.29, 1.82) is 0 Å². The predicted molar refractivity (Wildman–Crippen MR) is 103 cm³/mol. The standard InChI is InChI=1S/C21H22N2O4/c1-4-26-19-13-15(10-11-18(19)27-14(2)3)12-17-20(24)22-23(21(17)25)16-8-6-5-7-9-16/h5-14H,4H2,1-3H3,(H,22,24)/b17-12-. The molecule has 0 bridgehead atoms. The van der Waals surface area contributed by atoms with Crippen molar-refractivity contribution in [3.63, 3.8) is 0 Å². The summed E-state index contributed by atoms with van der Waals surface area (Å²) in [6.07, 6.45) is 1.57. The highest BCUT2D eigenvalue weighted by atomic mass is 16.5. The predicted octanol–water partition coefficient (Wildman–Crippen LogP) is 3.33. The molecular formula is C21H22N2O4. The summed E-state index contributed by atoms with van der Waals surface area (Å²) in [5, 5.41) is 1.24. The van der Waals surface area contributed by atoms with Crippen LogP contribution in [0.15, 0.2) is 54.1 Å². The lowest BCUT2D eigenvalue weighted by Gasteiger charge is -2.15. The number of hydrogen-bond acceptors (Lipinski definition) is 4. The number of amides is 2. The van der Waals surface area contributed by atoms with Crippen LogP contribution in [0.3, 0.4) is 0 Å². The van der Waals surface area contributed by atoms with E-state index in [9.17, 15) is 9.59 Å². The van der Waals surface area contributed by atoms with E-state index in [-0.39, 0.29) is 11.7 Å². The molecule has 1 aliphatic heterocycles. The number of ether oxygens (including phenoxy) is 2. The van der Waals surface area contributed by atoms with E-state index in [1.807, 2.05) is 26.8 Å². The number of benzene rings is 2. The second kappa shape index (κ2) is 7.95. The normalized spacial score (nSPS) is 15.4. The molecule has 0 radical (unpaired) electrons. The van der Waals surface area contributed by atoms with E-state index in [0.29, 0.717) is 29.4 Å². The Hall–Kier alpha value is -3.28. The Labute approximate surface area is 158 Å². The van der Waals surface area contributed by atoms with E-state index in [4.69, 9.17) is 9.47 Å². The Kier molecular flexibility index (Phi) is 5.45. The molecule has 1 aliphatic rings. The minimum absolute atomic E-state index is 0.00929. The van der Waals surface area contributed by atoms with Crippen LogP contribution in [-0.2, 0) is 9.59 Å². The van der Waals surface area contributed by atoms with Gasteiger partial charge in [0.15, 0.2) is 11.5 Å². The monoisotopic (exact) mass is 366 g/mol. The van der Waals surface area contributed by atoms with Crippen molar-refractivity contribution in [3.8, 4) is 11.5 Å². The summed E-state index contributed by atoms with van der Waals surface area (Å²) in [7, 11) is 0. The fraction of sp³-hybridized carbons (Fsp3) is 0.238. The number of para-hydroxylation sites is 1. The first-order valence-electron chi connectivity index (χ1n) is 8.85. The molecule has 1 saturated heterocycles. The van der Waals surface area contributed by atoms with Crippen LogP contribution >= 0.6 is 0 Å². The molecule has 1 fully saturated rings. The Bertz CT molecular complexity index is 875. The average Bonchev–Trinajstić information content (AvgIpc) is 2.92. The number of hydrazine groups is 1. The summed E-state index contributed by atoms with van der Waals surface area (Å²) in [5.41, 5.74) is 3.95. The molecule has 0 saturated carbocycles. The molecular weight excluding hydrogens is 344 g/mol. The van der Waals surface area contributed by atoms with Crippen LogP contribution in [0.2, 0.25) is 0 Å². The summed E-state index contributed by atoms with van der Waals surface area (Å²) in [6.45, 7) is 6.24. The molecule has 2 amide bonds. The molecule has 1 heterocycles. The minimum Gasteiger partial charge on any atom is -0.490 e. The molecule has 6 nitrogen and oxygen atoms in total. The lowest BCUT2D eigenvalue weighted by molar-refractivity contribution is -0.117. The second-order valence-electron chi connectivity index (χ2n) is 6.28. The third-order valence-electron chi connectivity index (χ3n) is 3.85. The molecule has 0 spiro atoms. The molecule has 140 valence electrons. The number of carbonyl (C=O) groups is 2. The van der Waals surface area contributed by atoms with Gasteiger partial charge in [0.05, 0.1) is 18.4 Å². The van der Waals surface area contributed by atoms with Crippen LogP contribution in [-0.4, -0.2) is 24.5 Å². The molecule has 2 aromatic carbocycles. The van der Waals surface area contributed by atoms with Crippen molar-refractivity contribution in [1.82, 2.24) is 5.43 Å². The van der Waals surface area contributed by atoms with Crippen LogP contribution in [0.1, 0.15) is 26.3 Å². The molecule has 0 unspecified atom stereocenters. The van der Waals surface area contributed by atoms with Gasteiger partial charge in [0.1, 0.15) is 5.57 Å². The number of rotatable bonds is 6. The van der Waals surface area contributed by atoms with Gasteiger partial charge >= 0.3 is 0 Å². The minimum atomic E-state index is -0.440. The maximum absolute atomic E-state index is 12.7. The summed E-state index contributed by atoms with van der Waals surface area (Å²) >= 11 is 0. The average molecular weight is 366 g/mol. The summed E-state index contributed by atoms with van der Waals surface area (Å²) in [6, 6.07) is 14.3. The van der Waals surface area contributed by atoms with Gasteiger partial charge in [-0.2, -0.15) is 0 Å². The molecule has 2 aromatic rings. The highest BCUT2D eigenvalue weighted by molar-refractivity contribution is 6.31. The third-order valence-corrected chi connectivity index (χ3v) is 3.85. The van der Waals surface area contributed by atoms with Crippen molar-refractivity contribution in [3.05, 3.63) is 59.7 Å². The first kappa shape index (κ1) is 18.5. The zero-order valence-corrected chi connectivity index (χ0v) is 15.6. The molecule has 3 rings (SSSR count). The lowest BCUT2D eigenvalue weighted by atomic mass is 10.1. The fourth-order valence-corrected chi connectivity index (χ4v) is 2.72. The first-order valence-corrected chi connectivity index (χ1v) is 8.85. The van der Waals surface area contributed by atoms with E-state index in [2.05, 4.69) is 5.43 Å². The molecule has 27 heavy (non-hydrogen) atoms. The lowest BCUT2D eigenvalue weighted by Crippen LogP contribution is -2.35. The third kappa shape index (κ3) is 4.11. The smallest absolute Gasteiger partial charge is 0.282 e. The van der Waals surface area contributed by atoms with Crippen LogP contribution in [0.25, 0.3) is 6.08 Å². The van der Waals surface area contributed by atoms with E-state index < -0.39 is 11.8 Å². The maximum atomic E-state index is 12.7. The second-order valence-corrected chi connectivity index (χ2v) is 6.28. The summed E-state index contributed by atoms with van der Waals surface area (Å²) < 4.78 is 11.4. The van der Waals surface area contributed by atoms with Crippen molar-refractivity contribution in [2.45, 2.75) is 26.9 Å². The Morgan fingerprint density at radius 1 is 1.07 bits per heavy atom. The Balaban J connectivity index is 1.90. The van der Waals surface area contributed by atoms with Gasteiger partial charge in [-0.25, -0.2) is 5.01 Å². The molecule has 6 heteroatoms. The van der Waals surface area contributed by atoms with E-state index in [0.717, 1.165) is 0 Å². The van der Waals surface area contributed by atoms with Crippen LogP contribution < -0.4 is 19.9 Å². The van der Waals surface area contributed by atoms with E-state index in [1.165, 1.54) is 5.01 Å². The van der Waals surface area contributed by atoms with Crippen LogP contribution in [0, 0.1) is 0 Å². The van der Waals surface area contributed by atoms with Gasteiger partial charge in [0.25, 0.3) is 11.8 Å². The maximum Gasteiger partial charge on any atom is 0.282 e. The van der Waals surface area contributed by atoms with Gasteiger partial charge in [0.2, 0.25) is 0 Å². The topological polar surface area (TPSA) is 67.9 Å². The van der Waals surface area contributed by atoms with Crippen molar-refractivity contribution in [2.24, 2.45) is 0 Å². The van der Waals surface area contributed by atoms with Crippen LogP contribution in [0.5, 0.6) is 11.5 Å². The van der Waals surface area contributed by atoms with Crippen molar-refractivity contribution >= 4 is 23.6 Å². The molecule has 1 N–H and O–H groups in total. The SMILES string of the molecule is CCOc1cc(/C=C2/C(=O)NN(c3ccccc3)C2=O)ccc1OC(C)C. The van der Waals surface area contributed by atoms with Crippen molar-refractivity contribution < 1.29 is 19.1 Å². The fourth-order valence-electron chi connectivity index (χ4n) is 2.72. The highest BCUT2D eigenvalue weighted by Crippen LogP contribution is 2.31. The van der Waals surface area contributed by atoms with E-state index in [1.54, 1.807) is 48.5 Å². The number of hydrogen-bond donors (Lipinski definition) is 1. The Morgan fingerprint density at radius 2 is 1.81 bits per heavy atom. The number of carbonyl (C=O) groups excluding carboxylic acids is 2. The first-order chi connectivity index (χ1) is 13.0. The van der Waals surface area contributed by atoms with Gasteiger partial charge in [-0.05, 0) is 56.7 Å². The molecule has 0 aliphatic carbocycles. The number of nitrogens with zero attached hydrogens (tertiary/aromatic N) is 1. The van der Waals surface area contributed by atoms with Gasteiger partial charge in [-0.3, -0.25) is 15.0 Å². The Morgan fingerprint density at radius 3 is 2.48 bits per heavy atom. The zero-order valence-electron chi connectivity index (χ0n) is 15.6. The molecule has 0 aromatic heterocycles. The number of nitrogens with one attached hydrogen (secondary N) is 1. The van der Waals surface area contributed by atoms with Crippen LogP contribution in [0.4, 0.5) is 5.69 Å². The van der Waals surface area contributed by atoms with Gasteiger partial charge in [-0.15, -0.1) is 0 Å². The quantitative estimate of drug-likeness (QED) is 0.629. The van der Waals surface area contributed by atoms with Gasteiger partial charge < -0.3 is 9.47 Å². The summed E-state index contributed by atoms with van der Waals surface area (Å²) in [5.74, 6) is 0.365.